The first kappa shape index (κ1) is 10.1. The highest BCUT2D eigenvalue weighted by molar-refractivity contribution is 5.92. The molecule has 1 heterocycles. The largest absolute Gasteiger partial charge is 0.353 e. The lowest BCUT2D eigenvalue weighted by molar-refractivity contribution is -0.141. The lowest BCUT2D eigenvalue weighted by atomic mass is 10.1. The molecule has 2 aliphatic rings. The molecule has 1 N–H and O–H groups in total. The number of carbonyl (C=O) groups is 3. The zero-order valence-electron chi connectivity index (χ0n) is 8.49. The van der Waals surface area contributed by atoms with Gasteiger partial charge < -0.3 is 10.2 Å². The maximum absolute atomic E-state index is 11.9. The minimum absolute atomic E-state index is 0.0318. The summed E-state index contributed by atoms with van der Waals surface area (Å²) in [4.78, 5) is 35.6. The third kappa shape index (κ3) is 2.16. The summed E-state index contributed by atoms with van der Waals surface area (Å²) in [5.74, 6) is -0.159. The van der Waals surface area contributed by atoms with Gasteiger partial charge in [0.1, 0.15) is 5.78 Å². The first-order chi connectivity index (χ1) is 7.16. The van der Waals surface area contributed by atoms with E-state index in [0.717, 1.165) is 0 Å². The van der Waals surface area contributed by atoms with Crippen molar-refractivity contribution in [3.8, 4) is 0 Å². The number of carbonyl (C=O) groups excluding carboxylic acids is 3. The normalized spacial score (nSPS) is 26.7. The maximum atomic E-state index is 11.9. The average molecular weight is 210 g/mol. The summed E-state index contributed by atoms with van der Waals surface area (Å²) in [5.41, 5.74) is 0. The zero-order valence-corrected chi connectivity index (χ0v) is 8.49. The summed E-state index contributed by atoms with van der Waals surface area (Å²) in [5, 5.41) is 2.67. The van der Waals surface area contributed by atoms with Gasteiger partial charge in [0.2, 0.25) is 11.8 Å². The molecule has 0 aromatic heterocycles. The van der Waals surface area contributed by atoms with Crippen molar-refractivity contribution in [2.75, 3.05) is 19.6 Å². The summed E-state index contributed by atoms with van der Waals surface area (Å²) in [6.07, 6.45) is 1.52. The van der Waals surface area contributed by atoms with Crippen molar-refractivity contribution < 1.29 is 14.4 Å². The Kier molecular flexibility index (Phi) is 2.70. The number of nitrogens with one attached hydrogen (secondary N) is 1. The van der Waals surface area contributed by atoms with Crippen molar-refractivity contribution in [2.24, 2.45) is 5.92 Å². The molecular weight excluding hydrogens is 196 g/mol. The van der Waals surface area contributed by atoms with E-state index in [4.69, 9.17) is 0 Å². The van der Waals surface area contributed by atoms with Crippen LogP contribution >= 0.6 is 0 Å². The monoisotopic (exact) mass is 210 g/mol. The molecule has 0 aromatic carbocycles. The molecule has 82 valence electrons. The van der Waals surface area contributed by atoms with Crippen LogP contribution in [0.5, 0.6) is 0 Å². The van der Waals surface area contributed by atoms with Crippen LogP contribution in [0.25, 0.3) is 0 Å². The standard InChI is InChI=1S/C10H14N2O3/c13-8-2-1-7(5-8)10(15)12-4-3-11-9(14)6-12/h7H,1-6H2,(H,11,14). The third-order valence-corrected chi connectivity index (χ3v) is 2.94. The Morgan fingerprint density at radius 2 is 2.20 bits per heavy atom. The van der Waals surface area contributed by atoms with Gasteiger partial charge in [-0.2, -0.15) is 0 Å². The molecule has 1 aliphatic heterocycles. The van der Waals surface area contributed by atoms with Crippen molar-refractivity contribution in [3.05, 3.63) is 0 Å². The fourth-order valence-electron chi connectivity index (χ4n) is 2.11. The van der Waals surface area contributed by atoms with E-state index in [0.29, 0.717) is 32.4 Å². The van der Waals surface area contributed by atoms with E-state index < -0.39 is 0 Å². The van der Waals surface area contributed by atoms with Crippen molar-refractivity contribution in [3.63, 3.8) is 0 Å². The van der Waals surface area contributed by atoms with E-state index >= 15 is 0 Å². The van der Waals surface area contributed by atoms with Crippen molar-refractivity contribution in [1.82, 2.24) is 10.2 Å². The maximum Gasteiger partial charge on any atom is 0.239 e. The summed E-state index contributed by atoms with van der Waals surface area (Å²) >= 11 is 0. The van der Waals surface area contributed by atoms with Crippen LogP contribution < -0.4 is 5.32 Å². The van der Waals surface area contributed by atoms with Gasteiger partial charge in [-0.15, -0.1) is 0 Å². The predicted molar refractivity (Wildman–Crippen MR) is 51.9 cm³/mol. The Morgan fingerprint density at radius 1 is 1.40 bits per heavy atom. The second-order valence-electron chi connectivity index (χ2n) is 4.09. The molecule has 1 saturated carbocycles. The number of ketones is 1. The summed E-state index contributed by atoms with van der Waals surface area (Å²) < 4.78 is 0. The quantitative estimate of drug-likeness (QED) is 0.623. The van der Waals surface area contributed by atoms with Crippen LogP contribution in [0.3, 0.4) is 0 Å². The van der Waals surface area contributed by atoms with Crippen LogP contribution in [-0.4, -0.2) is 42.1 Å². The molecule has 1 aliphatic carbocycles. The summed E-state index contributed by atoms with van der Waals surface area (Å²) in [7, 11) is 0. The number of Topliss-reactive ketones (excluding diaryl/α,β-unsaturated/α-hetero) is 1. The van der Waals surface area contributed by atoms with Gasteiger partial charge in [-0.05, 0) is 6.42 Å². The Morgan fingerprint density at radius 3 is 2.80 bits per heavy atom. The topological polar surface area (TPSA) is 66.5 Å². The number of amides is 2. The first-order valence-electron chi connectivity index (χ1n) is 5.24. The number of hydrogen-bond acceptors (Lipinski definition) is 3. The van der Waals surface area contributed by atoms with Gasteiger partial charge in [0.05, 0.1) is 6.54 Å². The molecular formula is C10H14N2O3. The fourth-order valence-corrected chi connectivity index (χ4v) is 2.11. The molecule has 0 aromatic rings. The van der Waals surface area contributed by atoms with E-state index in [1.807, 2.05) is 0 Å². The van der Waals surface area contributed by atoms with Gasteiger partial charge in [0.15, 0.2) is 0 Å². The molecule has 2 amide bonds. The van der Waals surface area contributed by atoms with Gasteiger partial charge >= 0.3 is 0 Å². The highest BCUT2D eigenvalue weighted by atomic mass is 16.2. The van der Waals surface area contributed by atoms with Gasteiger partial charge in [-0.1, -0.05) is 0 Å². The molecule has 5 heteroatoms. The van der Waals surface area contributed by atoms with E-state index in [-0.39, 0.29) is 30.1 Å². The van der Waals surface area contributed by atoms with E-state index in [2.05, 4.69) is 5.32 Å². The fraction of sp³-hybridized carbons (Fsp3) is 0.700. The number of rotatable bonds is 1. The van der Waals surface area contributed by atoms with Crippen LogP contribution in [0.15, 0.2) is 0 Å². The minimum atomic E-state index is -0.177. The van der Waals surface area contributed by atoms with Crippen molar-refractivity contribution in [1.29, 1.82) is 0 Å². The lowest BCUT2D eigenvalue weighted by Crippen LogP contribution is -2.51. The molecule has 2 rings (SSSR count). The molecule has 15 heavy (non-hydrogen) atoms. The smallest absolute Gasteiger partial charge is 0.239 e. The summed E-state index contributed by atoms with van der Waals surface area (Å²) in [6, 6.07) is 0. The van der Waals surface area contributed by atoms with Crippen LogP contribution in [0.2, 0.25) is 0 Å². The lowest BCUT2D eigenvalue weighted by Gasteiger charge is -2.28. The van der Waals surface area contributed by atoms with Gasteiger partial charge in [0.25, 0.3) is 0 Å². The zero-order chi connectivity index (χ0) is 10.8. The Hall–Kier alpha value is -1.39. The predicted octanol–water partition coefficient (Wildman–Crippen LogP) is -0.686. The molecule has 0 bridgehead atoms. The van der Waals surface area contributed by atoms with Crippen LogP contribution in [0.4, 0.5) is 0 Å². The van der Waals surface area contributed by atoms with Crippen LogP contribution in [-0.2, 0) is 14.4 Å². The second-order valence-corrected chi connectivity index (χ2v) is 4.09. The van der Waals surface area contributed by atoms with Gasteiger partial charge in [-0.25, -0.2) is 0 Å². The second kappa shape index (κ2) is 4.00. The van der Waals surface area contributed by atoms with E-state index in [1.54, 1.807) is 4.90 Å². The van der Waals surface area contributed by atoms with Gasteiger partial charge in [0, 0.05) is 31.8 Å². The number of hydrogen-bond donors (Lipinski definition) is 1. The molecule has 1 unspecified atom stereocenters. The Labute approximate surface area is 87.8 Å². The summed E-state index contributed by atoms with van der Waals surface area (Å²) in [6.45, 7) is 1.23. The van der Waals surface area contributed by atoms with E-state index in [1.165, 1.54) is 0 Å². The number of piperazine rings is 1. The van der Waals surface area contributed by atoms with Crippen molar-refractivity contribution >= 4 is 17.6 Å². The molecule has 0 spiro atoms. The Balaban J connectivity index is 1.95. The highest BCUT2D eigenvalue weighted by Gasteiger charge is 2.32. The first-order valence-corrected chi connectivity index (χ1v) is 5.24. The highest BCUT2D eigenvalue weighted by Crippen LogP contribution is 2.24. The van der Waals surface area contributed by atoms with E-state index in [9.17, 15) is 14.4 Å². The SMILES string of the molecule is O=C1CCC(C(=O)N2CCNC(=O)C2)C1. The van der Waals surface area contributed by atoms with Crippen LogP contribution in [0, 0.1) is 5.92 Å². The molecule has 0 radical (unpaired) electrons. The minimum Gasteiger partial charge on any atom is -0.353 e. The molecule has 1 atom stereocenters. The van der Waals surface area contributed by atoms with Gasteiger partial charge in [-0.3, -0.25) is 14.4 Å². The molecule has 1 saturated heterocycles. The van der Waals surface area contributed by atoms with Crippen LogP contribution in [0.1, 0.15) is 19.3 Å². The third-order valence-electron chi connectivity index (χ3n) is 2.94. The van der Waals surface area contributed by atoms with Crippen molar-refractivity contribution in [2.45, 2.75) is 19.3 Å². The average Bonchev–Trinajstić information content (AvgIpc) is 2.64. The molecule has 2 fully saturated rings. The molecule has 5 nitrogen and oxygen atoms in total. The number of nitrogens with zero attached hydrogens (tertiary/aromatic N) is 1. The Bertz CT molecular complexity index is 314.